The summed E-state index contributed by atoms with van der Waals surface area (Å²) >= 11 is 0. The molecule has 2 N–H and O–H groups in total. The third-order valence-electron chi connectivity index (χ3n) is 8.33. The van der Waals surface area contributed by atoms with E-state index in [-0.39, 0.29) is 34.3 Å². The van der Waals surface area contributed by atoms with Crippen molar-refractivity contribution in [2.75, 3.05) is 32.0 Å². The Hall–Kier alpha value is -4.75. The average molecular weight is 581 g/mol. The van der Waals surface area contributed by atoms with Gasteiger partial charge in [-0.2, -0.15) is 10.4 Å². The van der Waals surface area contributed by atoms with Crippen LogP contribution in [-0.4, -0.2) is 51.9 Å². The summed E-state index contributed by atoms with van der Waals surface area (Å²) in [6, 6.07) is 17.6. The highest BCUT2D eigenvalue weighted by Crippen LogP contribution is 2.38. The lowest BCUT2D eigenvalue weighted by Crippen LogP contribution is -2.41. The first-order chi connectivity index (χ1) is 20.8. The molecule has 0 aliphatic carbocycles. The molecule has 220 valence electrons. The number of nitrogen functional groups attached to an aromatic ring is 1. The van der Waals surface area contributed by atoms with Gasteiger partial charge in [-0.3, -0.25) is 9.48 Å². The lowest BCUT2D eigenvalue weighted by Gasteiger charge is -2.34. The number of carbonyl (C=O) groups is 1. The van der Waals surface area contributed by atoms with Crippen molar-refractivity contribution >= 4 is 22.6 Å². The first kappa shape index (κ1) is 28.4. The van der Waals surface area contributed by atoms with Gasteiger partial charge in [0.25, 0.3) is 5.91 Å². The Morgan fingerprint density at radius 2 is 1.98 bits per heavy atom. The van der Waals surface area contributed by atoms with Gasteiger partial charge >= 0.3 is 0 Å². The number of pyridine rings is 1. The molecule has 2 fully saturated rings. The van der Waals surface area contributed by atoms with Crippen LogP contribution in [0.4, 0.5) is 10.2 Å². The topological polar surface area (TPSA) is 119 Å². The van der Waals surface area contributed by atoms with E-state index < -0.39 is 5.82 Å². The molecule has 2 aliphatic rings. The number of hydrogen-bond acceptors (Lipinski definition) is 7. The number of anilines is 1. The standard InChI is InChI=1S/C33H33FN6O3/c1-33(12-16-42-17-13-33)19-22(20-35)32(41)39-15-5-6-23(21-39)40-28-11-14-37-31(36)29(28)30(38-40)26-10-9-25(18-27(26)34)43-24-7-3-2-4-8-24/h2-4,7-11,14,18-19,23H,5-6,12-13,15-17,21H2,1H3,(H2,36,37)/b22-19+/t23-/m1/s1. The molecule has 6 rings (SSSR count). The molecule has 1 amide bonds. The number of fused-ring (bicyclic) bond motifs is 1. The van der Waals surface area contributed by atoms with Crippen molar-refractivity contribution in [3.8, 4) is 28.8 Å². The molecule has 2 aromatic carbocycles. The van der Waals surface area contributed by atoms with E-state index in [1.807, 2.05) is 29.0 Å². The van der Waals surface area contributed by atoms with E-state index in [2.05, 4.69) is 18.0 Å². The molecule has 0 unspecified atom stereocenters. The molecule has 9 nitrogen and oxygen atoms in total. The van der Waals surface area contributed by atoms with Gasteiger partial charge in [-0.15, -0.1) is 0 Å². The maximum atomic E-state index is 15.6. The summed E-state index contributed by atoms with van der Waals surface area (Å²) in [5.74, 6) is 0.419. The summed E-state index contributed by atoms with van der Waals surface area (Å²) in [7, 11) is 0. The van der Waals surface area contributed by atoms with Gasteiger partial charge in [0.15, 0.2) is 0 Å². The average Bonchev–Trinajstić information content (AvgIpc) is 3.41. The smallest absolute Gasteiger partial charge is 0.264 e. The second kappa shape index (κ2) is 11.9. The number of allylic oxidation sites excluding steroid dienone is 1. The summed E-state index contributed by atoms with van der Waals surface area (Å²) in [6.07, 6.45) is 6.45. The lowest BCUT2D eigenvalue weighted by molar-refractivity contribution is -0.128. The van der Waals surface area contributed by atoms with Crippen LogP contribution in [0.5, 0.6) is 11.5 Å². The van der Waals surface area contributed by atoms with E-state index >= 15 is 4.39 Å². The molecule has 0 spiro atoms. The molecule has 0 saturated carbocycles. The number of halogens is 1. The van der Waals surface area contributed by atoms with E-state index in [4.69, 9.17) is 20.3 Å². The highest BCUT2D eigenvalue weighted by molar-refractivity contribution is 6.00. The molecule has 1 atom stereocenters. The van der Waals surface area contributed by atoms with Crippen molar-refractivity contribution in [2.24, 2.45) is 5.41 Å². The number of nitrogens with zero attached hydrogens (tertiary/aromatic N) is 5. The van der Waals surface area contributed by atoms with E-state index in [1.165, 1.54) is 6.07 Å². The van der Waals surface area contributed by atoms with Crippen LogP contribution in [0.1, 0.15) is 38.6 Å². The van der Waals surface area contributed by atoms with Crippen LogP contribution < -0.4 is 10.5 Å². The van der Waals surface area contributed by atoms with E-state index in [1.54, 1.807) is 41.4 Å². The van der Waals surface area contributed by atoms with E-state index in [0.717, 1.165) is 25.7 Å². The summed E-state index contributed by atoms with van der Waals surface area (Å²) < 4.78 is 28.7. The van der Waals surface area contributed by atoms with Crippen molar-refractivity contribution in [3.63, 3.8) is 0 Å². The normalized spacial score (nSPS) is 18.8. The van der Waals surface area contributed by atoms with Crippen LogP contribution in [0.15, 0.2) is 72.4 Å². The fourth-order valence-corrected chi connectivity index (χ4v) is 5.94. The number of ether oxygens (including phenoxy) is 2. The lowest BCUT2D eigenvalue weighted by atomic mass is 9.80. The predicted molar refractivity (Wildman–Crippen MR) is 161 cm³/mol. The van der Waals surface area contributed by atoms with Crippen LogP contribution in [-0.2, 0) is 9.53 Å². The number of benzene rings is 2. The third-order valence-corrected chi connectivity index (χ3v) is 8.33. The zero-order valence-corrected chi connectivity index (χ0v) is 24.0. The zero-order chi connectivity index (χ0) is 30.0. The number of aromatic nitrogens is 3. The van der Waals surface area contributed by atoms with Crippen LogP contribution >= 0.6 is 0 Å². The van der Waals surface area contributed by atoms with Gasteiger partial charge in [0, 0.05) is 44.1 Å². The first-order valence-corrected chi connectivity index (χ1v) is 14.5. The van der Waals surface area contributed by atoms with Gasteiger partial charge in [0.1, 0.15) is 40.5 Å². The second-order valence-electron chi connectivity index (χ2n) is 11.4. The minimum Gasteiger partial charge on any atom is -0.457 e. The zero-order valence-electron chi connectivity index (χ0n) is 24.0. The molecule has 2 aromatic heterocycles. The highest BCUT2D eigenvalue weighted by Gasteiger charge is 2.32. The molecule has 10 heteroatoms. The van der Waals surface area contributed by atoms with Crippen molar-refractivity contribution in [1.82, 2.24) is 19.7 Å². The van der Waals surface area contributed by atoms with Crippen molar-refractivity contribution < 1.29 is 18.7 Å². The SMILES string of the molecule is CC1(/C=C(\C#N)C(=O)N2CCC[C@@H](n3nc(-c4ccc(Oc5ccccc5)cc4F)c4c(N)nccc43)C2)CCOCC1. The number of rotatable bonds is 6. The Bertz CT molecular complexity index is 1720. The highest BCUT2D eigenvalue weighted by atomic mass is 19.1. The van der Waals surface area contributed by atoms with Crippen LogP contribution in [0.3, 0.4) is 0 Å². The van der Waals surface area contributed by atoms with Gasteiger partial charge in [0.2, 0.25) is 0 Å². The fraction of sp³-hybridized carbons (Fsp3) is 0.333. The van der Waals surface area contributed by atoms with Gasteiger partial charge in [-0.1, -0.05) is 31.2 Å². The monoisotopic (exact) mass is 580 g/mol. The number of para-hydroxylation sites is 1. The maximum Gasteiger partial charge on any atom is 0.264 e. The van der Waals surface area contributed by atoms with Crippen LogP contribution in [0, 0.1) is 22.6 Å². The minimum atomic E-state index is -0.505. The maximum absolute atomic E-state index is 15.6. The first-order valence-electron chi connectivity index (χ1n) is 14.5. The van der Waals surface area contributed by atoms with Crippen LogP contribution in [0.25, 0.3) is 22.2 Å². The Morgan fingerprint density at radius 1 is 1.19 bits per heavy atom. The molecule has 43 heavy (non-hydrogen) atoms. The fourth-order valence-electron chi connectivity index (χ4n) is 5.94. The number of carbonyl (C=O) groups excluding carboxylic acids is 1. The quantitative estimate of drug-likeness (QED) is 0.218. The molecule has 2 aliphatic heterocycles. The van der Waals surface area contributed by atoms with E-state index in [0.29, 0.717) is 54.4 Å². The summed E-state index contributed by atoms with van der Waals surface area (Å²) in [4.78, 5) is 19.5. The number of hydrogen-bond donors (Lipinski definition) is 1. The molecule has 4 aromatic rings. The van der Waals surface area contributed by atoms with E-state index in [9.17, 15) is 10.1 Å². The molecule has 4 heterocycles. The van der Waals surface area contributed by atoms with Gasteiger partial charge in [-0.25, -0.2) is 9.37 Å². The van der Waals surface area contributed by atoms with Crippen molar-refractivity contribution in [2.45, 2.75) is 38.6 Å². The van der Waals surface area contributed by atoms with Crippen molar-refractivity contribution in [1.29, 1.82) is 5.26 Å². The third kappa shape index (κ3) is 5.81. The minimum absolute atomic E-state index is 0.157. The summed E-state index contributed by atoms with van der Waals surface area (Å²) in [6.45, 7) is 4.20. The number of nitriles is 1. The summed E-state index contributed by atoms with van der Waals surface area (Å²) in [5, 5.41) is 15.3. The second-order valence-corrected chi connectivity index (χ2v) is 11.4. The summed E-state index contributed by atoms with van der Waals surface area (Å²) in [5.41, 5.74) is 7.58. The van der Waals surface area contributed by atoms with Gasteiger partial charge in [-0.05, 0) is 61.4 Å². The number of nitrogens with two attached hydrogens (primary N) is 1. The Labute approximate surface area is 249 Å². The van der Waals surface area contributed by atoms with Crippen LogP contribution in [0.2, 0.25) is 0 Å². The molecular formula is C33H33FN6O3. The Morgan fingerprint density at radius 3 is 2.72 bits per heavy atom. The number of likely N-dealkylation sites (tertiary alicyclic amines) is 1. The molecule has 0 bridgehead atoms. The number of amides is 1. The Kier molecular flexibility index (Phi) is 7.82. The molecule has 0 radical (unpaired) electrons. The Balaban J connectivity index is 1.30. The van der Waals surface area contributed by atoms with Gasteiger partial charge < -0.3 is 20.1 Å². The molecular weight excluding hydrogens is 547 g/mol. The van der Waals surface area contributed by atoms with Crippen molar-refractivity contribution in [3.05, 3.63) is 78.3 Å². The largest absolute Gasteiger partial charge is 0.457 e. The predicted octanol–water partition coefficient (Wildman–Crippen LogP) is 6.04. The number of piperidine rings is 1. The van der Waals surface area contributed by atoms with Gasteiger partial charge in [0.05, 0.1) is 16.9 Å². The molecule has 2 saturated heterocycles.